The largest absolute Gasteiger partial charge is 0.455 e. The summed E-state index contributed by atoms with van der Waals surface area (Å²) in [5.74, 6) is -0.0130. The zero-order valence-corrected chi connectivity index (χ0v) is 11.2. The molecule has 0 heterocycles. The number of nitrogen functional groups attached to an aromatic ring is 1. The summed E-state index contributed by atoms with van der Waals surface area (Å²) in [6, 6.07) is 6.99. The molecular formula is C12H7Cl3FNO. The van der Waals surface area contributed by atoms with E-state index in [9.17, 15) is 4.39 Å². The molecule has 0 bridgehead atoms. The first-order chi connectivity index (χ1) is 8.47. The number of ether oxygens (including phenoxy) is 1. The van der Waals surface area contributed by atoms with Crippen molar-refractivity contribution in [3.05, 3.63) is 51.2 Å². The Bertz CT molecular complexity index is 604. The van der Waals surface area contributed by atoms with Gasteiger partial charge < -0.3 is 10.5 Å². The van der Waals surface area contributed by atoms with Crippen LogP contribution >= 0.6 is 34.8 Å². The van der Waals surface area contributed by atoms with E-state index in [1.54, 1.807) is 0 Å². The molecule has 0 amide bonds. The minimum Gasteiger partial charge on any atom is -0.455 e. The Labute approximate surface area is 118 Å². The van der Waals surface area contributed by atoms with E-state index in [1.165, 1.54) is 24.3 Å². The van der Waals surface area contributed by atoms with Gasteiger partial charge in [0.25, 0.3) is 0 Å². The molecule has 2 nitrogen and oxygen atoms in total. The highest BCUT2D eigenvalue weighted by Gasteiger charge is 2.08. The van der Waals surface area contributed by atoms with Crippen LogP contribution in [0.25, 0.3) is 0 Å². The maximum atomic E-state index is 13.2. The van der Waals surface area contributed by atoms with Crippen molar-refractivity contribution in [3.8, 4) is 11.5 Å². The highest BCUT2D eigenvalue weighted by atomic mass is 35.5. The summed E-state index contributed by atoms with van der Waals surface area (Å²) in [6.07, 6.45) is 0. The quantitative estimate of drug-likeness (QED) is 0.778. The first kappa shape index (κ1) is 13.3. The molecule has 2 rings (SSSR count). The van der Waals surface area contributed by atoms with E-state index in [4.69, 9.17) is 45.3 Å². The molecule has 94 valence electrons. The fraction of sp³-hybridized carbons (Fsp3) is 0. The van der Waals surface area contributed by atoms with E-state index in [0.29, 0.717) is 21.5 Å². The van der Waals surface area contributed by atoms with Crippen molar-refractivity contribution in [2.75, 3.05) is 5.73 Å². The maximum absolute atomic E-state index is 13.2. The maximum Gasteiger partial charge on any atom is 0.151 e. The van der Waals surface area contributed by atoms with Crippen LogP contribution in [0, 0.1) is 5.82 Å². The molecule has 0 aromatic heterocycles. The second kappa shape index (κ2) is 5.22. The Morgan fingerprint density at radius 3 is 2.28 bits per heavy atom. The summed E-state index contributed by atoms with van der Waals surface area (Å²) in [5.41, 5.74) is 6.02. The first-order valence-electron chi connectivity index (χ1n) is 4.85. The van der Waals surface area contributed by atoms with Crippen molar-refractivity contribution in [1.82, 2.24) is 0 Å². The molecule has 0 aliphatic carbocycles. The summed E-state index contributed by atoms with van der Waals surface area (Å²) in [7, 11) is 0. The molecule has 18 heavy (non-hydrogen) atoms. The van der Waals surface area contributed by atoms with Crippen LogP contribution in [0.4, 0.5) is 10.1 Å². The van der Waals surface area contributed by atoms with Crippen molar-refractivity contribution in [1.29, 1.82) is 0 Å². The summed E-state index contributed by atoms with van der Waals surface area (Å²) in [5, 5.41) is 0.642. The Morgan fingerprint density at radius 2 is 1.61 bits per heavy atom. The summed E-state index contributed by atoms with van der Waals surface area (Å²) >= 11 is 17.2. The number of rotatable bonds is 2. The van der Waals surface area contributed by atoms with Gasteiger partial charge in [0.1, 0.15) is 11.6 Å². The monoisotopic (exact) mass is 305 g/mol. The van der Waals surface area contributed by atoms with Gasteiger partial charge in [-0.25, -0.2) is 4.39 Å². The van der Waals surface area contributed by atoms with Gasteiger partial charge in [-0.15, -0.1) is 0 Å². The molecule has 2 aromatic rings. The molecule has 0 saturated carbocycles. The van der Waals surface area contributed by atoms with Crippen LogP contribution in [0.5, 0.6) is 11.5 Å². The van der Waals surface area contributed by atoms with Crippen LogP contribution in [-0.2, 0) is 0 Å². The minimum atomic E-state index is -0.576. The normalized spacial score (nSPS) is 10.4. The molecule has 0 saturated heterocycles. The van der Waals surface area contributed by atoms with Gasteiger partial charge >= 0.3 is 0 Å². The highest BCUT2D eigenvalue weighted by Crippen LogP contribution is 2.35. The number of halogens is 4. The number of anilines is 1. The van der Waals surface area contributed by atoms with E-state index in [1.807, 2.05) is 0 Å². The smallest absolute Gasteiger partial charge is 0.151 e. The second-order valence-corrected chi connectivity index (χ2v) is 4.70. The van der Waals surface area contributed by atoms with Gasteiger partial charge in [0.15, 0.2) is 5.75 Å². The van der Waals surface area contributed by atoms with Crippen LogP contribution in [0.1, 0.15) is 0 Å². The van der Waals surface area contributed by atoms with Crippen LogP contribution in [0.2, 0.25) is 15.1 Å². The zero-order chi connectivity index (χ0) is 13.3. The Hall–Kier alpha value is -1.16. The van der Waals surface area contributed by atoms with Gasteiger partial charge in [0.2, 0.25) is 0 Å². The average Bonchev–Trinajstić information content (AvgIpc) is 2.31. The lowest BCUT2D eigenvalue weighted by Gasteiger charge is -2.10. The Kier molecular flexibility index (Phi) is 3.85. The third-order valence-electron chi connectivity index (χ3n) is 2.17. The lowest BCUT2D eigenvalue weighted by molar-refractivity contribution is 0.479. The molecule has 0 radical (unpaired) electrons. The highest BCUT2D eigenvalue weighted by molar-refractivity contribution is 6.42. The standard InChI is InChI=1S/C12H7Cl3FNO/c13-7-2-1-6(3-10(7)16)18-12-5-9(15)8(14)4-11(12)17/h1-5H,17H2. The molecule has 2 N–H and O–H groups in total. The van der Waals surface area contributed by atoms with Crippen LogP contribution in [0.3, 0.4) is 0 Å². The molecule has 0 aliphatic heterocycles. The number of hydrogen-bond donors (Lipinski definition) is 1. The van der Waals surface area contributed by atoms with E-state index in [-0.39, 0.29) is 10.8 Å². The molecule has 0 atom stereocenters. The SMILES string of the molecule is Nc1cc(Cl)c(Cl)cc1Oc1ccc(Cl)c(F)c1. The van der Waals surface area contributed by atoms with Crippen LogP contribution in [-0.4, -0.2) is 0 Å². The van der Waals surface area contributed by atoms with Gasteiger partial charge in [-0.3, -0.25) is 0 Å². The second-order valence-electron chi connectivity index (χ2n) is 3.48. The summed E-state index contributed by atoms with van der Waals surface area (Å²) in [4.78, 5) is 0. The van der Waals surface area contributed by atoms with Crippen molar-refractivity contribution < 1.29 is 9.13 Å². The fourth-order valence-corrected chi connectivity index (χ4v) is 1.74. The summed E-state index contributed by atoms with van der Waals surface area (Å²) in [6.45, 7) is 0. The van der Waals surface area contributed by atoms with Gasteiger partial charge in [0.05, 0.1) is 20.8 Å². The van der Waals surface area contributed by atoms with E-state index in [2.05, 4.69) is 0 Å². The van der Waals surface area contributed by atoms with Crippen molar-refractivity contribution in [2.45, 2.75) is 0 Å². The minimum absolute atomic E-state index is 0.0180. The van der Waals surface area contributed by atoms with Gasteiger partial charge in [0, 0.05) is 12.1 Å². The predicted octanol–water partition coefficient (Wildman–Crippen LogP) is 5.16. The van der Waals surface area contributed by atoms with Crippen molar-refractivity contribution >= 4 is 40.5 Å². The molecule has 6 heteroatoms. The Morgan fingerprint density at radius 1 is 0.944 bits per heavy atom. The van der Waals surface area contributed by atoms with E-state index in [0.717, 1.165) is 6.07 Å². The van der Waals surface area contributed by atoms with Crippen LogP contribution in [0.15, 0.2) is 30.3 Å². The average molecular weight is 307 g/mol. The third-order valence-corrected chi connectivity index (χ3v) is 3.20. The fourth-order valence-electron chi connectivity index (χ4n) is 1.30. The molecule has 0 spiro atoms. The van der Waals surface area contributed by atoms with Gasteiger partial charge in [-0.1, -0.05) is 34.8 Å². The molecule has 0 fully saturated rings. The third kappa shape index (κ3) is 2.80. The van der Waals surface area contributed by atoms with E-state index >= 15 is 0 Å². The van der Waals surface area contributed by atoms with Gasteiger partial charge in [-0.2, -0.15) is 0 Å². The lowest BCUT2D eigenvalue weighted by Crippen LogP contribution is -1.93. The van der Waals surface area contributed by atoms with E-state index < -0.39 is 5.82 Å². The number of nitrogens with two attached hydrogens (primary N) is 1. The number of benzene rings is 2. The van der Waals surface area contributed by atoms with Crippen molar-refractivity contribution in [2.24, 2.45) is 0 Å². The number of hydrogen-bond acceptors (Lipinski definition) is 2. The first-order valence-corrected chi connectivity index (χ1v) is 5.98. The topological polar surface area (TPSA) is 35.2 Å². The lowest BCUT2D eigenvalue weighted by atomic mass is 10.3. The Balaban J connectivity index is 2.34. The summed E-state index contributed by atoms with van der Waals surface area (Å²) < 4.78 is 18.6. The molecule has 2 aromatic carbocycles. The van der Waals surface area contributed by atoms with Crippen LogP contribution < -0.4 is 10.5 Å². The predicted molar refractivity (Wildman–Crippen MR) is 72.4 cm³/mol. The molecule has 0 aliphatic rings. The van der Waals surface area contributed by atoms with Gasteiger partial charge in [-0.05, 0) is 18.2 Å². The van der Waals surface area contributed by atoms with Crippen molar-refractivity contribution in [3.63, 3.8) is 0 Å². The zero-order valence-electron chi connectivity index (χ0n) is 8.88. The molecule has 0 unspecified atom stereocenters. The molecular weight excluding hydrogens is 299 g/mol.